The molecule has 0 atom stereocenters. The van der Waals surface area contributed by atoms with Gasteiger partial charge in [0.15, 0.2) is 5.13 Å². The van der Waals surface area contributed by atoms with Crippen molar-refractivity contribution in [3.63, 3.8) is 0 Å². The topological polar surface area (TPSA) is 122 Å². The third-order valence-electron chi connectivity index (χ3n) is 4.98. The van der Waals surface area contributed by atoms with Gasteiger partial charge < -0.3 is 15.4 Å². The van der Waals surface area contributed by atoms with E-state index < -0.39 is 16.1 Å². The standard InChI is InChI=1S/C25H25N5O4S2/c1-25(2,3)19-10-4-5-12-21(19)34-22-20(11-7-13-26-22)29-23(31)28-17-8-6-9-18(16-17)36(32,33)30-24-27-14-15-35-24/h4-16H,1-3H3,(H,27,30)(H2,28,29,31). The van der Waals surface area contributed by atoms with E-state index in [2.05, 4.69) is 46.1 Å². The van der Waals surface area contributed by atoms with Crippen LogP contribution >= 0.6 is 11.3 Å². The van der Waals surface area contributed by atoms with Crippen molar-refractivity contribution in [2.24, 2.45) is 0 Å². The molecule has 186 valence electrons. The lowest BCUT2D eigenvalue weighted by molar-refractivity contribution is 0.262. The quantitative estimate of drug-likeness (QED) is 0.270. The highest BCUT2D eigenvalue weighted by Gasteiger charge is 2.20. The van der Waals surface area contributed by atoms with Crippen LogP contribution in [0.25, 0.3) is 0 Å². The number of carbonyl (C=O) groups is 1. The lowest BCUT2D eigenvalue weighted by Gasteiger charge is -2.22. The highest BCUT2D eigenvalue weighted by atomic mass is 32.2. The molecule has 2 aromatic heterocycles. The molecule has 4 rings (SSSR count). The third-order valence-corrected chi connectivity index (χ3v) is 7.13. The molecule has 0 aliphatic heterocycles. The Bertz CT molecular complexity index is 1470. The summed E-state index contributed by atoms with van der Waals surface area (Å²) in [5, 5.41) is 7.29. The molecule has 0 aliphatic carbocycles. The molecule has 2 amide bonds. The summed E-state index contributed by atoms with van der Waals surface area (Å²) in [6.45, 7) is 6.25. The molecule has 0 aliphatic rings. The van der Waals surface area contributed by atoms with E-state index in [1.807, 2.05) is 24.3 Å². The zero-order valence-corrected chi connectivity index (χ0v) is 21.5. The highest BCUT2D eigenvalue weighted by Crippen LogP contribution is 2.35. The predicted octanol–water partition coefficient (Wildman–Crippen LogP) is 6.07. The van der Waals surface area contributed by atoms with Crippen molar-refractivity contribution in [2.75, 3.05) is 15.4 Å². The number of hydrogen-bond donors (Lipinski definition) is 3. The molecule has 0 spiro atoms. The second kappa shape index (κ2) is 10.3. The van der Waals surface area contributed by atoms with Crippen molar-refractivity contribution < 1.29 is 17.9 Å². The van der Waals surface area contributed by atoms with Gasteiger partial charge in [0.05, 0.1) is 4.90 Å². The molecule has 0 unspecified atom stereocenters. The van der Waals surface area contributed by atoms with E-state index in [9.17, 15) is 13.2 Å². The Kier molecular flexibility index (Phi) is 7.22. The summed E-state index contributed by atoms with van der Waals surface area (Å²) in [5.74, 6) is 0.867. The molecule has 0 saturated heterocycles. The van der Waals surface area contributed by atoms with Crippen molar-refractivity contribution in [2.45, 2.75) is 31.1 Å². The van der Waals surface area contributed by atoms with Gasteiger partial charge in [-0.05, 0) is 41.8 Å². The van der Waals surface area contributed by atoms with Crippen molar-refractivity contribution in [3.8, 4) is 11.6 Å². The first-order valence-electron chi connectivity index (χ1n) is 10.9. The SMILES string of the molecule is CC(C)(C)c1ccccc1Oc1ncccc1NC(=O)Nc1cccc(S(=O)(=O)Nc2nccs2)c1. The van der Waals surface area contributed by atoms with Gasteiger partial charge in [-0.2, -0.15) is 0 Å². The van der Waals surface area contributed by atoms with Crippen LogP contribution < -0.4 is 20.1 Å². The van der Waals surface area contributed by atoms with Gasteiger partial charge >= 0.3 is 6.03 Å². The molecule has 9 nitrogen and oxygen atoms in total. The van der Waals surface area contributed by atoms with E-state index >= 15 is 0 Å². The van der Waals surface area contributed by atoms with Crippen molar-refractivity contribution in [3.05, 3.63) is 84.0 Å². The second-order valence-electron chi connectivity index (χ2n) is 8.75. The summed E-state index contributed by atoms with van der Waals surface area (Å²) in [7, 11) is -3.86. The fourth-order valence-electron chi connectivity index (χ4n) is 3.32. The van der Waals surface area contributed by atoms with Crippen LogP contribution in [0.15, 0.2) is 83.3 Å². The summed E-state index contributed by atoms with van der Waals surface area (Å²) in [6.07, 6.45) is 3.07. The first-order valence-corrected chi connectivity index (χ1v) is 13.3. The number of benzene rings is 2. The van der Waals surface area contributed by atoms with Crippen LogP contribution in [-0.4, -0.2) is 24.4 Å². The highest BCUT2D eigenvalue weighted by molar-refractivity contribution is 7.93. The Morgan fingerprint density at radius 1 is 0.944 bits per heavy atom. The Morgan fingerprint density at radius 3 is 2.50 bits per heavy atom. The predicted molar refractivity (Wildman–Crippen MR) is 141 cm³/mol. The average Bonchev–Trinajstić information content (AvgIpc) is 3.32. The number of sulfonamides is 1. The van der Waals surface area contributed by atoms with Crippen LogP contribution in [0.1, 0.15) is 26.3 Å². The smallest absolute Gasteiger partial charge is 0.323 e. The Hall–Kier alpha value is -3.96. The number of aromatic nitrogens is 2. The van der Waals surface area contributed by atoms with Crippen LogP contribution in [0, 0.1) is 0 Å². The number of urea groups is 1. The number of thiazole rings is 1. The maximum atomic E-state index is 12.8. The number of pyridine rings is 1. The first kappa shape index (κ1) is 25.1. The molecule has 3 N–H and O–H groups in total. The van der Waals surface area contributed by atoms with Crippen LogP contribution in [0.3, 0.4) is 0 Å². The normalized spacial score (nSPS) is 11.5. The van der Waals surface area contributed by atoms with Crippen LogP contribution in [0.2, 0.25) is 0 Å². The first-order chi connectivity index (χ1) is 17.1. The van der Waals surface area contributed by atoms with Gasteiger partial charge in [-0.25, -0.2) is 23.2 Å². The fourth-order valence-corrected chi connectivity index (χ4v) is 5.15. The number of nitrogens with one attached hydrogen (secondary N) is 3. The van der Waals surface area contributed by atoms with Gasteiger partial charge in [0.25, 0.3) is 10.0 Å². The Balaban J connectivity index is 1.49. The number of anilines is 3. The average molecular weight is 524 g/mol. The molecule has 0 saturated carbocycles. The van der Waals surface area contributed by atoms with E-state index in [1.54, 1.807) is 29.8 Å². The number of carbonyl (C=O) groups excluding carboxylic acids is 1. The van der Waals surface area contributed by atoms with Crippen molar-refractivity contribution >= 4 is 43.9 Å². The lowest BCUT2D eigenvalue weighted by atomic mass is 9.86. The fraction of sp³-hybridized carbons (Fsp3) is 0.160. The van der Waals surface area contributed by atoms with Gasteiger partial charge in [0.2, 0.25) is 5.88 Å². The largest absolute Gasteiger partial charge is 0.437 e. The van der Waals surface area contributed by atoms with Gasteiger partial charge in [-0.15, -0.1) is 11.3 Å². The molecule has 11 heteroatoms. The molecule has 36 heavy (non-hydrogen) atoms. The Labute approximate surface area is 213 Å². The second-order valence-corrected chi connectivity index (χ2v) is 11.3. The zero-order valence-electron chi connectivity index (χ0n) is 19.8. The maximum absolute atomic E-state index is 12.8. The minimum Gasteiger partial charge on any atom is -0.437 e. The summed E-state index contributed by atoms with van der Waals surface area (Å²) in [6, 6.07) is 16.3. The number of rotatable bonds is 7. The monoisotopic (exact) mass is 523 g/mol. The van der Waals surface area contributed by atoms with E-state index in [1.165, 1.54) is 35.7 Å². The van der Waals surface area contributed by atoms with Gasteiger partial charge in [-0.3, -0.25) is 4.72 Å². The van der Waals surface area contributed by atoms with Crippen molar-refractivity contribution in [1.82, 2.24) is 9.97 Å². The van der Waals surface area contributed by atoms with E-state index in [0.717, 1.165) is 5.56 Å². The number of ether oxygens (including phenoxy) is 1. The minimum atomic E-state index is -3.86. The summed E-state index contributed by atoms with van der Waals surface area (Å²) >= 11 is 1.17. The summed E-state index contributed by atoms with van der Waals surface area (Å²) in [4.78, 5) is 21.0. The molecule has 2 aromatic carbocycles. The van der Waals surface area contributed by atoms with Crippen LogP contribution in [0.5, 0.6) is 11.6 Å². The third kappa shape index (κ3) is 6.18. The summed E-state index contributed by atoms with van der Waals surface area (Å²) in [5.41, 5.74) is 1.48. The van der Waals surface area contributed by atoms with E-state index in [4.69, 9.17) is 4.74 Å². The molecular formula is C25H25N5O4S2. The zero-order chi connectivity index (χ0) is 25.8. The minimum absolute atomic E-state index is 0.0142. The lowest BCUT2D eigenvalue weighted by Crippen LogP contribution is -2.20. The van der Waals surface area contributed by atoms with E-state index in [-0.39, 0.29) is 21.3 Å². The van der Waals surface area contributed by atoms with Gasteiger partial charge in [0, 0.05) is 29.0 Å². The van der Waals surface area contributed by atoms with Crippen LogP contribution in [-0.2, 0) is 15.4 Å². The summed E-state index contributed by atoms with van der Waals surface area (Å²) < 4.78 is 33.8. The number of nitrogens with zero attached hydrogens (tertiary/aromatic N) is 2. The molecular weight excluding hydrogens is 498 g/mol. The van der Waals surface area contributed by atoms with Crippen LogP contribution in [0.4, 0.5) is 21.3 Å². The van der Waals surface area contributed by atoms with Gasteiger partial charge in [0.1, 0.15) is 11.4 Å². The number of amides is 2. The number of para-hydroxylation sites is 1. The van der Waals surface area contributed by atoms with Crippen molar-refractivity contribution in [1.29, 1.82) is 0 Å². The van der Waals surface area contributed by atoms with E-state index in [0.29, 0.717) is 17.1 Å². The molecule has 2 heterocycles. The van der Waals surface area contributed by atoms with Gasteiger partial charge in [-0.1, -0.05) is 45.0 Å². The molecule has 0 bridgehead atoms. The molecule has 0 radical (unpaired) electrons. The maximum Gasteiger partial charge on any atom is 0.323 e. The number of hydrogen-bond acceptors (Lipinski definition) is 7. The molecule has 4 aromatic rings. The molecule has 0 fully saturated rings. The Morgan fingerprint density at radius 2 is 1.75 bits per heavy atom.